The van der Waals surface area contributed by atoms with Gasteiger partial charge in [0.05, 0.1) is 12.0 Å². The number of carboxylic acids is 1. The number of nitrogens with zero attached hydrogens (tertiary/aromatic N) is 1. The van der Waals surface area contributed by atoms with Gasteiger partial charge in [0.25, 0.3) is 0 Å². The van der Waals surface area contributed by atoms with Crippen LogP contribution in [0, 0.1) is 5.92 Å². The lowest BCUT2D eigenvalue weighted by molar-refractivity contribution is -0.156. The molecule has 2 heterocycles. The van der Waals surface area contributed by atoms with E-state index in [1.807, 2.05) is 18.4 Å². The number of hydrogen-bond acceptors (Lipinski definition) is 6. The second-order valence-electron chi connectivity index (χ2n) is 5.20. The molecule has 1 saturated heterocycles. The average Bonchev–Trinajstić information content (AvgIpc) is 2.82. The molecule has 122 valence electrons. The third kappa shape index (κ3) is 2.71. The van der Waals surface area contributed by atoms with E-state index >= 15 is 0 Å². The number of hydrogen-bond donors (Lipinski definition) is 2. The van der Waals surface area contributed by atoms with E-state index in [0.717, 1.165) is 16.7 Å². The molecule has 0 aromatic heterocycles. The third-order valence-electron chi connectivity index (χ3n) is 3.74. The van der Waals surface area contributed by atoms with Crippen molar-refractivity contribution in [3.63, 3.8) is 0 Å². The first-order valence-electron chi connectivity index (χ1n) is 6.91. The van der Waals surface area contributed by atoms with Gasteiger partial charge >= 0.3 is 5.97 Å². The fraction of sp³-hybridized carbons (Fsp3) is 0.333. The molecule has 0 bridgehead atoms. The summed E-state index contributed by atoms with van der Waals surface area (Å²) in [6.07, 6.45) is 1.13. The first kappa shape index (κ1) is 16.2. The molecule has 0 spiro atoms. The SMILES string of the molecule is CSc1ccc(OC2=C(C(=O)O)N3C(=O)[C@H]([C@@H](C)O)C3S2)cc1. The second-order valence-corrected chi connectivity index (χ2v) is 7.17. The Morgan fingerprint density at radius 2 is 2.04 bits per heavy atom. The summed E-state index contributed by atoms with van der Waals surface area (Å²) in [4.78, 5) is 25.8. The number of aliphatic hydroxyl groups is 1. The number of amides is 1. The maximum absolute atomic E-state index is 12.1. The standard InChI is InChI=1S/C15H15NO5S2/c1-7(17)10-12(18)16-11(14(19)20)15(23-13(10)16)21-8-3-5-9(22-2)6-4-8/h3-7,10,13,17H,1-2H3,(H,19,20)/t7-,10+,13?/m1/s1. The summed E-state index contributed by atoms with van der Waals surface area (Å²) in [5, 5.41) is 18.8. The molecular weight excluding hydrogens is 338 g/mol. The first-order chi connectivity index (χ1) is 10.9. The van der Waals surface area contributed by atoms with Crippen LogP contribution in [0.5, 0.6) is 5.75 Å². The predicted molar refractivity (Wildman–Crippen MR) is 86.9 cm³/mol. The third-order valence-corrected chi connectivity index (χ3v) is 5.72. The van der Waals surface area contributed by atoms with Gasteiger partial charge in [-0.15, -0.1) is 11.8 Å². The minimum absolute atomic E-state index is 0.157. The van der Waals surface area contributed by atoms with E-state index in [4.69, 9.17) is 4.74 Å². The number of carboxylic acid groups (broad SMARTS) is 1. The number of carbonyl (C=O) groups excluding carboxylic acids is 1. The summed E-state index contributed by atoms with van der Waals surface area (Å²) >= 11 is 2.75. The highest BCUT2D eigenvalue weighted by atomic mass is 32.2. The molecular formula is C15H15NO5S2. The van der Waals surface area contributed by atoms with Crippen LogP contribution in [-0.4, -0.2) is 44.7 Å². The van der Waals surface area contributed by atoms with Crippen molar-refractivity contribution in [1.82, 2.24) is 4.90 Å². The second kappa shape index (κ2) is 6.10. The molecule has 1 aromatic carbocycles. The van der Waals surface area contributed by atoms with Gasteiger partial charge in [-0.25, -0.2) is 4.79 Å². The highest BCUT2D eigenvalue weighted by molar-refractivity contribution is 8.03. The van der Waals surface area contributed by atoms with Crippen LogP contribution in [0.3, 0.4) is 0 Å². The van der Waals surface area contributed by atoms with Crippen LogP contribution in [0.4, 0.5) is 0 Å². The van der Waals surface area contributed by atoms with Crippen molar-refractivity contribution in [1.29, 1.82) is 0 Å². The van der Waals surface area contributed by atoms with Crippen LogP contribution in [0.1, 0.15) is 6.92 Å². The Morgan fingerprint density at radius 3 is 2.57 bits per heavy atom. The smallest absolute Gasteiger partial charge is 0.357 e. The van der Waals surface area contributed by atoms with Crippen LogP contribution in [0.2, 0.25) is 0 Å². The highest BCUT2D eigenvalue weighted by Gasteiger charge is 2.58. The number of ether oxygens (including phenoxy) is 1. The van der Waals surface area contributed by atoms with E-state index in [1.54, 1.807) is 23.9 Å². The van der Waals surface area contributed by atoms with Crippen molar-refractivity contribution in [3.8, 4) is 5.75 Å². The number of thioether (sulfide) groups is 2. The number of β-lactam (4-membered cyclic amide) rings is 1. The van der Waals surface area contributed by atoms with Gasteiger partial charge in [0.1, 0.15) is 11.1 Å². The van der Waals surface area contributed by atoms with Gasteiger partial charge in [-0.1, -0.05) is 11.8 Å². The predicted octanol–water partition coefficient (Wildman–Crippen LogP) is 1.95. The Labute approximate surface area is 141 Å². The van der Waals surface area contributed by atoms with Crippen molar-refractivity contribution < 1.29 is 24.5 Å². The van der Waals surface area contributed by atoms with Crippen molar-refractivity contribution >= 4 is 35.4 Å². The molecule has 0 radical (unpaired) electrons. The maximum Gasteiger partial charge on any atom is 0.357 e. The van der Waals surface area contributed by atoms with Crippen LogP contribution in [-0.2, 0) is 9.59 Å². The van der Waals surface area contributed by atoms with Crippen LogP contribution in [0.15, 0.2) is 39.9 Å². The summed E-state index contributed by atoms with van der Waals surface area (Å²) in [5.74, 6) is -1.69. The van der Waals surface area contributed by atoms with Gasteiger partial charge < -0.3 is 14.9 Å². The fourth-order valence-corrected chi connectivity index (χ4v) is 4.45. The Morgan fingerprint density at radius 1 is 1.39 bits per heavy atom. The van der Waals surface area contributed by atoms with Crippen molar-refractivity contribution in [2.45, 2.75) is 23.3 Å². The molecule has 23 heavy (non-hydrogen) atoms. The van der Waals surface area contributed by atoms with Gasteiger partial charge in [-0.05, 0) is 37.4 Å². The summed E-state index contributed by atoms with van der Waals surface area (Å²) in [6, 6.07) is 7.25. The van der Waals surface area contributed by atoms with Crippen LogP contribution < -0.4 is 4.74 Å². The molecule has 2 aliphatic rings. The molecule has 0 aliphatic carbocycles. The van der Waals surface area contributed by atoms with Gasteiger partial charge in [-0.3, -0.25) is 9.69 Å². The molecule has 1 amide bonds. The molecule has 1 aromatic rings. The maximum atomic E-state index is 12.1. The van der Waals surface area contributed by atoms with Crippen molar-refractivity contribution in [3.05, 3.63) is 35.1 Å². The number of aliphatic hydroxyl groups excluding tert-OH is 1. The topological polar surface area (TPSA) is 87.1 Å². The van der Waals surface area contributed by atoms with E-state index in [0.29, 0.717) is 5.75 Å². The number of aliphatic carboxylic acids is 1. The zero-order chi connectivity index (χ0) is 16.7. The monoisotopic (exact) mass is 353 g/mol. The normalized spacial score (nSPS) is 24.3. The van der Waals surface area contributed by atoms with Gasteiger partial charge in [0.2, 0.25) is 5.91 Å². The average molecular weight is 353 g/mol. The zero-order valence-corrected chi connectivity index (χ0v) is 14.1. The van der Waals surface area contributed by atoms with E-state index in [9.17, 15) is 19.8 Å². The minimum Gasteiger partial charge on any atom is -0.476 e. The summed E-state index contributed by atoms with van der Waals surface area (Å²) in [7, 11) is 0. The number of benzene rings is 1. The zero-order valence-electron chi connectivity index (χ0n) is 12.4. The molecule has 2 aliphatic heterocycles. The Bertz CT molecular complexity index is 686. The molecule has 2 N–H and O–H groups in total. The van der Waals surface area contributed by atoms with Crippen LogP contribution >= 0.6 is 23.5 Å². The quantitative estimate of drug-likeness (QED) is 0.618. The number of carbonyl (C=O) groups is 2. The minimum atomic E-state index is -1.21. The van der Waals surface area contributed by atoms with Gasteiger partial charge in [-0.2, -0.15) is 0 Å². The Kier molecular flexibility index (Phi) is 4.31. The Balaban J connectivity index is 1.85. The molecule has 1 unspecified atom stereocenters. The molecule has 0 saturated carbocycles. The molecule has 3 rings (SSSR count). The lowest BCUT2D eigenvalue weighted by Crippen LogP contribution is -2.60. The highest BCUT2D eigenvalue weighted by Crippen LogP contribution is 2.50. The number of rotatable bonds is 5. The lowest BCUT2D eigenvalue weighted by Gasteiger charge is -2.43. The summed E-state index contributed by atoms with van der Waals surface area (Å²) in [6.45, 7) is 1.53. The van der Waals surface area contributed by atoms with Crippen molar-refractivity contribution in [2.24, 2.45) is 5.92 Å². The number of fused-ring (bicyclic) bond motifs is 1. The fourth-order valence-electron chi connectivity index (χ4n) is 2.57. The first-order valence-corrected chi connectivity index (χ1v) is 9.01. The van der Waals surface area contributed by atoms with E-state index in [-0.39, 0.29) is 16.7 Å². The van der Waals surface area contributed by atoms with Gasteiger partial charge in [0, 0.05) is 4.90 Å². The Hall–Kier alpha value is -1.64. The van der Waals surface area contributed by atoms with E-state index in [2.05, 4.69) is 0 Å². The molecule has 8 heteroatoms. The largest absolute Gasteiger partial charge is 0.476 e. The molecule has 1 fully saturated rings. The van der Waals surface area contributed by atoms with E-state index in [1.165, 1.54) is 11.8 Å². The lowest BCUT2D eigenvalue weighted by atomic mass is 9.92. The van der Waals surface area contributed by atoms with Crippen LogP contribution in [0.25, 0.3) is 0 Å². The van der Waals surface area contributed by atoms with Crippen molar-refractivity contribution in [2.75, 3.05) is 6.26 Å². The van der Waals surface area contributed by atoms with E-state index < -0.39 is 23.4 Å². The summed E-state index contributed by atoms with van der Waals surface area (Å²) in [5.41, 5.74) is -0.157. The molecule has 6 nitrogen and oxygen atoms in total. The van der Waals surface area contributed by atoms with Gasteiger partial charge in [0.15, 0.2) is 10.8 Å². The molecule has 3 atom stereocenters. The summed E-state index contributed by atoms with van der Waals surface area (Å²) < 4.78 is 5.68.